The van der Waals surface area contributed by atoms with Gasteiger partial charge in [0.05, 0.1) is 11.3 Å². The minimum absolute atomic E-state index is 0.0537. The zero-order chi connectivity index (χ0) is 21.5. The number of amides is 1. The number of rotatable bonds is 5. The fraction of sp³-hybridized carbons (Fsp3) is 0.680. The Morgan fingerprint density at radius 2 is 1.83 bits per heavy atom. The van der Waals surface area contributed by atoms with E-state index in [0.717, 1.165) is 53.7 Å². The minimum atomic E-state index is -0.150. The summed E-state index contributed by atoms with van der Waals surface area (Å²) in [7, 11) is 0. The van der Waals surface area contributed by atoms with Gasteiger partial charge in [-0.2, -0.15) is 0 Å². The third kappa shape index (κ3) is 4.21. The first kappa shape index (κ1) is 21.2. The van der Waals surface area contributed by atoms with Crippen LogP contribution in [-0.2, 0) is 12.0 Å². The van der Waals surface area contributed by atoms with Crippen LogP contribution in [0.15, 0.2) is 10.5 Å². The molecule has 0 spiro atoms. The van der Waals surface area contributed by atoms with Gasteiger partial charge in [-0.3, -0.25) is 4.79 Å². The minimum Gasteiger partial charge on any atom is -0.445 e. The summed E-state index contributed by atoms with van der Waals surface area (Å²) in [5.41, 5.74) is 3.58. The maximum atomic E-state index is 13.0. The molecule has 5 nitrogen and oxygen atoms in total. The molecule has 5 heteroatoms. The number of aryl methyl sites for hydroxylation is 1. The molecular formula is C25H37N3O2. The lowest BCUT2D eigenvalue weighted by Gasteiger charge is -2.26. The second-order valence-corrected chi connectivity index (χ2v) is 10.4. The summed E-state index contributed by atoms with van der Waals surface area (Å²) >= 11 is 0. The van der Waals surface area contributed by atoms with Crippen molar-refractivity contribution in [3.63, 3.8) is 0 Å². The van der Waals surface area contributed by atoms with Crippen molar-refractivity contribution in [2.24, 2.45) is 5.92 Å². The highest BCUT2D eigenvalue weighted by molar-refractivity contribution is 5.97. The van der Waals surface area contributed by atoms with E-state index in [-0.39, 0.29) is 11.3 Å². The van der Waals surface area contributed by atoms with Crippen molar-refractivity contribution < 1.29 is 9.21 Å². The smallest absolute Gasteiger partial charge is 0.253 e. The van der Waals surface area contributed by atoms with Crippen LogP contribution in [0.1, 0.15) is 99.8 Å². The van der Waals surface area contributed by atoms with Crippen molar-refractivity contribution in [3.8, 4) is 11.4 Å². The first-order chi connectivity index (χ1) is 14.2. The molecular weight excluding hydrogens is 374 g/mol. The van der Waals surface area contributed by atoms with Gasteiger partial charge < -0.3 is 14.3 Å². The number of aromatic nitrogens is 2. The Hall–Kier alpha value is -2.04. The highest BCUT2D eigenvalue weighted by atomic mass is 16.4. The number of carbonyl (C=O) groups excluding carboxylic acids is 1. The van der Waals surface area contributed by atoms with Crippen molar-refractivity contribution in [2.45, 2.75) is 104 Å². The molecule has 0 aromatic carbocycles. The largest absolute Gasteiger partial charge is 0.445 e. The molecule has 2 fully saturated rings. The van der Waals surface area contributed by atoms with E-state index >= 15 is 0 Å². The van der Waals surface area contributed by atoms with E-state index in [0.29, 0.717) is 12.0 Å². The van der Waals surface area contributed by atoms with E-state index in [1.54, 1.807) is 0 Å². The zero-order valence-electron chi connectivity index (χ0n) is 19.3. The fourth-order valence-corrected chi connectivity index (χ4v) is 4.70. The summed E-state index contributed by atoms with van der Waals surface area (Å²) < 4.78 is 8.39. The van der Waals surface area contributed by atoms with Crippen molar-refractivity contribution >= 4 is 5.91 Å². The average molecular weight is 412 g/mol. The van der Waals surface area contributed by atoms with E-state index in [1.807, 2.05) is 13.0 Å². The Balaban J connectivity index is 1.72. The molecule has 2 aliphatic carbocycles. The molecule has 1 amide bonds. The highest BCUT2D eigenvalue weighted by Gasteiger charge is 2.29. The van der Waals surface area contributed by atoms with Gasteiger partial charge in [-0.25, -0.2) is 4.98 Å². The molecule has 0 saturated heterocycles. The Bertz CT molecular complexity index is 906. The first-order valence-electron chi connectivity index (χ1n) is 11.7. The predicted octanol–water partition coefficient (Wildman–Crippen LogP) is 5.92. The number of nitrogens with zero attached hydrogens (tertiary/aromatic N) is 2. The number of hydrogen-bond acceptors (Lipinski definition) is 3. The van der Waals surface area contributed by atoms with Crippen LogP contribution in [0.2, 0.25) is 0 Å². The van der Waals surface area contributed by atoms with Gasteiger partial charge >= 0.3 is 0 Å². The lowest BCUT2D eigenvalue weighted by Crippen LogP contribution is -2.39. The summed E-state index contributed by atoms with van der Waals surface area (Å²) in [6.45, 7) is 11.4. The molecule has 2 aliphatic rings. The van der Waals surface area contributed by atoms with Crippen LogP contribution in [0.25, 0.3) is 11.4 Å². The topological polar surface area (TPSA) is 60.1 Å². The molecule has 0 atom stereocenters. The monoisotopic (exact) mass is 411 g/mol. The van der Waals surface area contributed by atoms with Crippen LogP contribution >= 0.6 is 0 Å². The maximum absolute atomic E-state index is 13.0. The predicted molar refractivity (Wildman–Crippen MR) is 120 cm³/mol. The van der Waals surface area contributed by atoms with Gasteiger partial charge in [-0.1, -0.05) is 40.0 Å². The molecule has 4 rings (SSSR count). The zero-order valence-corrected chi connectivity index (χ0v) is 19.3. The highest BCUT2D eigenvalue weighted by Crippen LogP contribution is 2.34. The van der Waals surface area contributed by atoms with E-state index in [2.05, 4.69) is 37.6 Å². The lowest BCUT2D eigenvalue weighted by molar-refractivity contribution is 0.0916. The van der Waals surface area contributed by atoms with Gasteiger partial charge in [0, 0.05) is 23.7 Å². The van der Waals surface area contributed by atoms with Crippen LogP contribution < -0.4 is 5.32 Å². The third-order valence-corrected chi connectivity index (χ3v) is 6.90. The molecule has 30 heavy (non-hydrogen) atoms. The second-order valence-electron chi connectivity index (χ2n) is 10.4. The van der Waals surface area contributed by atoms with E-state index in [1.165, 1.54) is 38.5 Å². The molecule has 2 heterocycles. The number of carbonyl (C=O) groups is 1. The second kappa shape index (κ2) is 8.24. The number of hydrogen-bond donors (Lipinski definition) is 1. The van der Waals surface area contributed by atoms with Crippen molar-refractivity contribution in [1.82, 2.24) is 14.9 Å². The molecule has 0 aliphatic heterocycles. The van der Waals surface area contributed by atoms with Crippen LogP contribution in [0.5, 0.6) is 0 Å². The molecule has 0 radical (unpaired) electrons. The maximum Gasteiger partial charge on any atom is 0.253 e. The van der Waals surface area contributed by atoms with Crippen molar-refractivity contribution in [1.29, 1.82) is 0 Å². The van der Waals surface area contributed by atoms with Gasteiger partial charge in [0.25, 0.3) is 5.91 Å². The molecule has 2 aromatic rings. The van der Waals surface area contributed by atoms with Gasteiger partial charge in [-0.15, -0.1) is 0 Å². The fourth-order valence-electron chi connectivity index (χ4n) is 4.70. The first-order valence-corrected chi connectivity index (χ1v) is 11.7. The third-order valence-electron chi connectivity index (χ3n) is 6.90. The molecule has 0 bridgehead atoms. The molecule has 0 unspecified atom stereocenters. The van der Waals surface area contributed by atoms with Gasteiger partial charge in [0.15, 0.2) is 5.89 Å². The Labute approximate surface area is 180 Å². The normalized spacial score (nSPS) is 18.4. The van der Waals surface area contributed by atoms with E-state index < -0.39 is 0 Å². The Morgan fingerprint density at radius 3 is 2.40 bits per heavy atom. The molecule has 2 saturated carbocycles. The van der Waals surface area contributed by atoms with Crippen LogP contribution in [0, 0.1) is 19.8 Å². The standard InChI is InChI=1S/C25H37N3O2/c1-16-20(23(29)26-19-12-9-13-19)14-21(28(16)15-18-10-7-6-8-11-18)22-17(2)30-24(27-22)25(3,4)5/h14,18-19H,6-13,15H2,1-5H3,(H,26,29). The summed E-state index contributed by atoms with van der Waals surface area (Å²) in [4.78, 5) is 17.9. The SMILES string of the molecule is Cc1oc(C(C)(C)C)nc1-c1cc(C(=O)NC2CCC2)c(C)n1CC1CCCCC1. The Kier molecular flexibility index (Phi) is 5.82. The molecule has 2 aromatic heterocycles. The summed E-state index contributed by atoms with van der Waals surface area (Å²) in [6.07, 6.45) is 9.91. The van der Waals surface area contributed by atoms with Crippen molar-refractivity contribution in [3.05, 3.63) is 29.0 Å². The molecule has 1 N–H and O–H groups in total. The van der Waals surface area contributed by atoms with Crippen molar-refractivity contribution in [2.75, 3.05) is 0 Å². The number of oxazole rings is 1. The van der Waals surface area contributed by atoms with Gasteiger partial charge in [0.2, 0.25) is 0 Å². The van der Waals surface area contributed by atoms with E-state index in [9.17, 15) is 4.79 Å². The summed E-state index contributed by atoms with van der Waals surface area (Å²) in [6, 6.07) is 2.38. The Morgan fingerprint density at radius 1 is 1.13 bits per heavy atom. The summed E-state index contributed by atoms with van der Waals surface area (Å²) in [5.74, 6) is 2.30. The van der Waals surface area contributed by atoms with Crippen LogP contribution in [0.3, 0.4) is 0 Å². The van der Waals surface area contributed by atoms with Gasteiger partial charge in [-0.05, 0) is 57.9 Å². The average Bonchev–Trinajstić information content (AvgIpc) is 3.20. The summed E-state index contributed by atoms with van der Waals surface area (Å²) in [5, 5.41) is 3.22. The van der Waals surface area contributed by atoms with Crippen LogP contribution in [-0.4, -0.2) is 21.5 Å². The molecule has 164 valence electrons. The van der Waals surface area contributed by atoms with Crippen LogP contribution in [0.4, 0.5) is 0 Å². The van der Waals surface area contributed by atoms with Gasteiger partial charge in [0.1, 0.15) is 11.5 Å². The lowest BCUT2D eigenvalue weighted by atomic mass is 9.89. The number of nitrogens with one attached hydrogen (secondary N) is 1. The van der Waals surface area contributed by atoms with E-state index in [4.69, 9.17) is 9.40 Å². The quantitative estimate of drug-likeness (QED) is 0.664.